The van der Waals surface area contributed by atoms with Crippen molar-refractivity contribution in [1.82, 2.24) is 0 Å². The van der Waals surface area contributed by atoms with Gasteiger partial charge in [0.2, 0.25) is 5.91 Å². The Labute approximate surface area is 322 Å². The number of likely N-dealkylation sites (N-methyl/N-ethyl adjacent to an activating group) is 1. The number of aliphatic hydroxyl groups is 1. The third kappa shape index (κ3) is 9.74. The molecular formula is C26H25Br3Cl2N4O12S3. The van der Waals surface area contributed by atoms with Gasteiger partial charge in [0.15, 0.2) is 0 Å². The zero-order chi connectivity index (χ0) is 38.1. The molecule has 0 saturated heterocycles. The Kier molecular flexibility index (Phi) is 14.0. The minimum atomic E-state index is -5.28. The summed E-state index contributed by atoms with van der Waals surface area (Å²) in [5.74, 6) is -1.84. The highest BCUT2D eigenvalue weighted by Gasteiger charge is 2.37. The summed E-state index contributed by atoms with van der Waals surface area (Å²) in [4.78, 5) is 29.7. The third-order valence-electron chi connectivity index (χ3n) is 6.41. The number of amides is 2. The maximum Gasteiger partial charge on any atom is 0.296 e. The maximum atomic E-state index is 14.1. The molecule has 0 fully saturated rings. The van der Waals surface area contributed by atoms with Crippen LogP contribution in [0.1, 0.15) is 19.4 Å². The van der Waals surface area contributed by atoms with Crippen molar-refractivity contribution in [1.29, 1.82) is 0 Å². The molecular weight excluding hydrogens is 967 g/mol. The first-order valence-corrected chi connectivity index (χ1v) is 20.8. The van der Waals surface area contributed by atoms with E-state index >= 15 is 0 Å². The average Bonchev–Trinajstić information content (AvgIpc) is 2.95. The molecule has 2 amide bonds. The molecule has 50 heavy (non-hydrogen) atoms. The van der Waals surface area contributed by atoms with Gasteiger partial charge in [-0.1, -0.05) is 23.2 Å². The second kappa shape index (κ2) is 16.4. The van der Waals surface area contributed by atoms with Crippen molar-refractivity contribution in [2.75, 3.05) is 35.2 Å². The van der Waals surface area contributed by atoms with Crippen LogP contribution < -0.4 is 15.5 Å². The Bertz CT molecular complexity index is 2130. The van der Waals surface area contributed by atoms with E-state index in [0.29, 0.717) is 12.2 Å². The van der Waals surface area contributed by atoms with E-state index in [9.17, 15) is 54.3 Å². The zero-order valence-corrected chi connectivity index (χ0v) is 33.9. The predicted octanol–water partition coefficient (Wildman–Crippen LogP) is 6.89. The largest absolute Gasteiger partial charge is 0.395 e. The van der Waals surface area contributed by atoms with Crippen LogP contribution in [0.4, 0.5) is 22.7 Å². The van der Waals surface area contributed by atoms with Gasteiger partial charge in [-0.25, -0.2) is 4.99 Å². The van der Waals surface area contributed by atoms with Crippen molar-refractivity contribution in [3.05, 3.63) is 59.4 Å². The highest BCUT2D eigenvalue weighted by molar-refractivity contribution is 9.11. The molecule has 0 radical (unpaired) electrons. The fraction of sp³-hybridized carbons (Fsp3) is 0.192. The fourth-order valence-corrected chi connectivity index (χ4v) is 11.9. The molecule has 0 aliphatic rings. The fourth-order valence-electron chi connectivity index (χ4n) is 4.34. The molecule has 0 aliphatic carbocycles. The minimum Gasteiger partial charge on any atom is -0.395 e. The van der Waals surface area contributed by atoms with Crippen LogP contribution in [-0.4, -0.2) is 81.9 Å². The molecule has 0 bridgehead atoms. The Balaban J connectivity index is 2.50. The smallest absolute Gasteiger partial charge is 0.296 e. The van der Waals surface area contributed by atoms with Crippen LogP contribution in [0.2, 0.25) is 10.0 Å². The topological polar surface area (TPSA) is 263 Å². The molecule has 0 atom stereocenters. The van der Waals surface area contributed by atoms with E-state index in [2.05, 4.69) is 63.4 Å². The lowest BCUT2D eigenvalue weighted by Gasteiger charge is -2.26. The molecule has 0 spiro atoms. The van der Waals surface area contributed by atoms with Crippen LogP contribution in [0.15, 0.2) is 63.4 Å². The summed E-state index contributed by atoms with van der Waals surface area (Å²) in [7, 11) is -15.0. The van der Waals surface area contributed by atoms with E-state index in [1.54, 1.807) is 11.8 Å². The molecule has 16 nitrogen and oxygen atoms in total. The van der Waals surface area contributed by atoms with Gasteiger partial charge in [0, 0.05) is 35.7 Å². The molecule has 8 N–H and O–H groups in total. The van der Waals surface area contributed by atoms with Gasteiger partial charge in [-0.3, -0.25) is 18.7 Å². The first-order chi connectivity index (χ1) is 22.9. The lowest BCUT2D eigenvalue weighted by atomic mass is 10.1. The van der Waals surface area contributed by atoms with E-state index in [4.69, 9.17) is 23.2 Å². The highest BCUT2D eigenvalue weighted by atomic mass is 79.9. The summed E-state index contributed by atoms with van der Waals surface area (Å²) in [6.45, 7) is 3.42. The number of anilines is 3. The molecule has 0 unspecified atom stereocenters. The van der Waals surface area contributed by atoms with Gasteiger partial charge in [-0.05, 0) is 85.0 Å². The molecule has 3 aromatic carbocycles. The van der Waals surface area contributed by atoms with Gasteiger partial charge in [0.05, 0.1) is 47.6 Å². The number of carbonyl (C=O) groups excluding carboxylic acids is 2. The maximum absolute atomic E-state index is 14.1. The summed E-state index contributed by atoms with van der Waals surface area (Å²) in [5.41, 5.74) is -1.39. The number of hydrogen-bond acceptors (Lipinski definition) is 12. The number of halogens is 5. The minimum absolute atomic E-state index is 0.00121. The molecule has 0 heterocycles. The summed E-state index contributed by atoms with van der Waals surface area (Å²) in [6, 6.07) is 5.93. The molecule has 24 heteroatoms. The molecule has 0 aromatic heterocycles. The van der Waals surface area contributed by atoms with Crippen molar-refractivity contribution in [3.63, 3.8) is 0 Å². The van der Waals surface area contributed by atoms with Crippen molar-refractivity contribution < 1.29 is 54.3 Å². The average molecular weight is 992 g/mol. The van der Waals surface area contributed by atoms with Crippen LogP contribution in [-0.2, 0) is 29.8 Å². The number of aliphatic hydroxyl groups excluding tert-OH is 1. The van der Waals surface area contributed by atoms with E-state index in [1.165, 1.54) is 25.1 Å². The van der Waals surface area contributed by atoms with Crippen LogP contribution >= 0.6 is 81.9 Å². The van der Waals surface area contributed by atoms with Gasteiger partial charge in [-0.15, -0.1) is 0 Å². The summed E-state index contributed by atoms with van der Waals surface area (Å²) >= 11 is 21.1. The first kappa shape index (κ1) is 42.5. The van der Waals surface area contributed by atoms with Crippen LogP contribution in [0, 0.1) is 0 Å². The van der Waals surface area contributed by atoms with Crippen molar-refractivity contribution in [2.45, 2.75) is 28.5 Å². The molecule has 0 saturated carbocycles. The Morgan fingerprint density at radius 1 is 0.840 bits per heavy atom. The Morgan fingerprint density at radius 2 is 1.44 bits per heavy atom. The van der Waals surface area contributed by atoms with Crippen molar-refractivity contribution in [2.24, 2.45) is 4.99 Å². The van der Waals surface area contributed by atoms with Gasteiger partial charge in [0.1, 0.15) is 26.4 Å². The van der Waals surface area contributed by atoms with E-state index in [1.807, 2.05) is 0 Å². The van der Waals surface area contributed by atoms with Crippen LogP contribution in [0.3, 0.4) is 0 Å². The monoisotopic (exact) mass is 988 g/mol. The second-order valence-electron chi connectivity index (χ2n) is 9.81. The van der Waals surface area contributed by atoms with Crippen LogP contribution in [0.25, 0.3) is 0 Å². The van der Waals surface area contributed by atoms with Gasteiger partial charge < -0.3 is 34.3 Å². The van der Waals surface area contributed by atoms with E-state index in [-0.39, 0.29) is 30.2 Å². The van der Waals surface area contributed by atoms with Gasteiger partial charge >= 0.3 is 0 Å². The summed E-state index contributed by atoms with van der Waals surface area (Å²) < 4.78 is 97.1. The number of carbonyl (C=O) groups is 2. The molecule has 3 aromatic rings. The lowest BCUT2D eigenvalue weighted by Crippen LogP contribution is -2.27. The Morgan fingerprint density at radius 3 is 1.94 bits per heavy atom. The molecule has 3 rings (SSSR count). The number of hydrogen-bond donors (Lipinski definition) is 8. The normalized spacial score (nSPS) is 12.9. The number of benzene rings is 3. The van der Waals surface area contributed by atoms with Crippen molar-refractivity contribution in [3.8, 4) is 0 Å². The number of rotatable bonds is 12. The van der Waals surface area contributed by atoms with E-state index in [0.717, 1.165) is 12.1 Å². The number of aliphatic imine (C=N–C) groups is 1. The molecule has 274 valence electrons. The quantitative estimate of drug-likeness (QED) is 0.0680. The van der Waals surface area contributed by atoms with Gasteiger partial charge in [0.25, 0.3) is 26.1 Å². The van der Waals surface area contributed by atoms with Crippen LogP contribution in [0.5, 0.6) is 0 Å². The second-order valence-corrected chi connectivity index (χ2v) is 17.2. The van der Waals surface area contributed by atoms with Crippen molar-refractivity contribution >= 4 is 142 Å². The van der Waals surface area contributed by atoms with Gasteiger partial charge in [-0.2, -0.15) is 16.8 Å². The van der Waals surface area contributed by atoms with E-state index < -0.39 is 92.3 Å². The standard InChI is InChI=1S/C26H25Br3Cl2N4O12S3/c1-3-35(6-7-36)12-4-5-15(17(8-12)32-11(2)37)33-23(26(38)34-16-9-14(31)18(10-13(16)30)48(39,40)41)19-20(27)24(49(42,43)44)22(29)25(21(19)28)50(45,46)47/h4-5,8-10,36,42-44H,3,6-7H2,1-2H3,(H,32,37)(H,34,38)(H,39,40,41)(H,45,46,47). The Hall–Kier alpha value is -1.90. The molecule has 0 aliphatic heterocycles. The zero-order valence-electron chi connectivity index (χ0n) is 25.1. The lowest BCUT2D eigenvalue weighted by molar-refractivity contribution is -0.114. The first-order valence-electron chi connectivity index (χ1n) is 13.3. The third-order valence-corrected chi connectivity index (χ3v) is 13.3. The number of nitrogens with zero attached hydrogens (tertiary/aromatic N) is 2. The predicted molar refractivity (Wildman–Crippen MR) is 200 cm³/mol. The SMILES string of the molecule is CCN(CCO)c1ccc(N=C(C(=O)Nc2cc(Cl)c(S(=O)(=O)O)cc2Cl)c2c(Br)c(S(O)(O)O)c(Br)c(S(=O)(=O)O)c2Br)c(NC(C)=O)c1. The summed E-state index contributed by atoms with van der Waals surface area (Å²) in [5, 5.41) is 13.3. The summed E-state index contributed by atoms with van der Waals surface area (Å²) in [6.07, 6.45) is 0. The highest BCUT2D eigenvalue weighted by Crippen LogP contribution is 2.56. The number of nitrogens with one attached hydrogen (secondary N) is 2.